The van der Waals surface area contributed by atoms with Crippen LogP contribution >= 0.6 is 0 Å². The largest absolute Gasteiger partial charge is 0.384 e. The van der Waals surface area contributed by atoms with Crippen molar-refractivity contribution in [2.75, 3.05) is 33.4 Å². The van der Waals surface area contributed by atoms with Crippen molar-refractivity contribution < 1.29 is 4.74 Å². The predicted molar refractivity (Wildman–Crippen MR) is 86.4 cm³/mol. The summed E-state index contributed by atoms with van der Waals surface area (Å²) in [7, 11) is 1.80. The number of benzene rings is 1. The summed E-state index contributed by atoms with van der Waals surface area (Å²) in [5.74, 6) is 1.31. The molecule has 0 aromatic heterocycles. The molecule has 3 atom stereocenters. The van der Waals surface area contributed by atoms with Gasteiger partial charge in [0.05, 0.1) is 12.1 Å². The van der Waals surface area contributed by atoms with E-state index < -0.39 is 0 Å². The number of methoxy groups -OCH3 is 1. The first-order chi connectivity index (χ1) is 10.2. The van der Waals surface area contributed by atoms with E-state index in [0.717, 1.165) is 26.2 Å². The van der Waals surface area contributed by atoms with Crippen LogP contribution in [0.5, 0.6) is 0 Å². The molecular formula is C18H28N2O. The molecule has 116 valence electrons. The zero-order valence-electron chi connectivity index (χ0n) is 13.3. The number of fused-ring (bicyclic) bond motifs is 1. The average molecular weight is 288 g/mol. The van der Waals surface area contributed by atoms with Crippen molar-refractivity contribution in [3.8, 4) is 0 Å². The smallest absolute Gasteiger partial charge is 0.0586 e. The van der Waals surface area contributed by atoms with Crippen molar-refractivity contribution in [1.29, 1.82) is 0 Å². The lowest BCUT2D eigenvalue weighted by atomic mass is 9.71. The Kier molecular flexibility index (Phi) is 4.34. The highest BCUT2D eigenvalue weighted by molar-refractivity contribution is 5.39. The van der Waals surface area contributed by atoms with Crippen LogP contribution in [-0.2, 0) is 10.3 Å². The zero-order chi connectivity index (χ0) is 14.9. The fourth-order valence-corrected chi connectivity index (χ4v) is 4.36. The van der Waals surface area contributed by atoms with Crippen LogP contribution in [0, 0.1) is 5.92 Å². The molecule has 1 aromatic rings. The maximum absolute atomic E-state index is 6.32. The number of likely N-dealkylation sites (tertiary alicyclic amines) is 1. The summed E-state index contributed by atoms with van der Waals surface area (Å²) in [4.78, 5) is 2.64. The Bertz CT molecular complexity index is 490. The molecule has 1 aromatic carbocycles. The average Bonchev–Trinajstić information content (AvgIpc) is 2.98. The summed E-state index contributed by atoms with van der Waals surface area (Å²) in [5.41, 5.74) is 9.35. The van der Waals surface area contributed by atoms with E-state index in [9.17, 15) is 0 Å². The van der Waals surface area contributed by atoms with E-state index in [-0.39, 0.29) is 5.54 Å². The maximum atomic E-state index is 6.32. The first-order valence-corrected chi connectivity index (χ1v) is 8.24. The lowest BCUT2D eigenvalue weighted by Crippen LogP contribution is -2.52. The van der Waals surface area contributed by atoms with E-state index in [4.69, 9.17) is 10.5 Å². The van der Waals surface area contributed by atoms with E-state index >= 15 is 0 Å². The third kappa shape index (κ3) is 2.52. The van der Waals surface area contributed by atoms with Crippen LogP contribution in [0.25, 0.3) is 0 Å². The van der Waals surface area contributed by atoms with Crippen molar-refractivity contribution in [2.24, 2.45) is 11.7 Å². The lowest BCUT2D eigenvalue weighted by Gasteiger charge is -2.47. The molecule has 0 radical (unpaired) electrons. The quantitative estimate of drug-likeness (QED) is 0.926. The lowest BCUT2D eigenvalue weighted by molar-refractivity contribution is 0.0831. The van der Waals surface area contributed by atoms with E-state index in [1.807, 2.05) is 0 Å². The number of hydrogen-bond donors (Lipinski definition) is 1. The highest BCUT2D eigenvalue weighted by Crippen LogP contribution is 2.45. The summed E-state index contributed by atoms with van der Waals surface area (Å²) in [6, 6.07) is 8.94. The molecule has 1 heterocycles. The molecule has 2 aliphatic rings. The third-order valence-electron chi connectivity index (χ3n) is 5.62. The molecule has 3 nitrogen and oxygen atoms in total. The minimum absolute atomic E-state index is 0.0472. The van der Waals surface area contributed by atoms with Gasteiger partial charge in [-0.2, -0.15) is 0 Å². The van der Waals surface area contributed by atoms with Crippen LogP contribution in [0.2, 0.25) is 0 Å². The Balaban J connectivity index is 1.93. The van der Waals surface area contributed by atoms with Crippen molar-refractivity contribution in [3.05, 3.63) is 35.4 Å². The molecule has 0 spiro atoms. The van der Waals surface area contributed by atoms with Gasteiger partial charge in [0.2, 0.25) is 0 Å². The van der Waals surface area contributed by atoms with Crippen LogP contribution in [0.1, 0.15) is 43.2 Å². The molecular weight excluding hydrogens is 260 g/mol. The van der Waals surface area contributed by atoms with Crippen LogP contribution < -0.4 is 5.73 Å². The van der Waals surface area contributed by atoms with Crippen molar-refractivity contribution in [1.82, 2.24) is 4.90 Å². The van der Waals surface area contributed by atoms with Gasteiger partial charge in [-0.15, -0.1) is 0 Å². The normalized spacial score (nSPS) is 33.1. The molecule has 0 amide bonds. The second kappa shape index (κ2) is 6.07. The van der Waals surface area contributed by atoms with E-state index in [2.05, 4.69) is 36.1 Å². The first kappa shape index (κ1) is 15.0. The number of rotatable bonds is 4. The van der Waals surface area contributed by atoms with Crippen LogP contribution in [-0.4, -0.2) is 38.3 Å². The fourth-order valence-electron chi connectivity index (χ4n) is 4.36. The summed E-state index contributed by atoms with van der Waals surface area (Å²) in [6.45, 7) is 6.20. The monoisotopic (exact) mass is 288 g/mol. The van der Waals surface area contributed by atoms with E-state index in [0.29, 0.717) is 11.8 Å². The predicted octanol–water partition coefficient (Wildman–Crippen LogP) is 2.71. The molecule has 0 bridgehead atoms. The molecule has 3 rings (SSSR count). The van der Waals surface area contributed by atoms with Gasteiger partial charge in [-0.1, -0.05) is 31.2 Å². The fraction of sp³-hybridized carbons (Fsp3) is 0.667. The molecule has 2 N–H and O–H groups in total. The first-order valence-electron chi connectivity index (χ1n) is 8.24. The molecule has 3 unspecified atom stereocenters. The Morgan fingerprint density at radius 3 is 2.90 bits per heavy atom. The van der Waals surface area contributed by atoms with Crippen molar-refractivity contribution >= 4 is 0 Å². The Hall–Kier alpha value is -0.900. The van der Waals surface area contributed by atoms with Gasteiger partial charge in [0.25, 0.3) is 0 Å². The number of nitrogens with zero attached hydrogens (tertiary/aromatic N) is 1. The van der Waals surface area contributed by atoms with Crippen molar-refractivity contribution in [3.63, 3.8) is 0 Å². The van der Waals surface area contributed by atoms with Crippen LogP contribution in [0.3, 0.4) is 0 Å². The molecule has 21 heavy (non-hydrogen) atoms. The Morgan fingerprint density at radius 2 is 2.14 bits per heavy atom. The van der Waals surface area contributed by atoms with Gasteiger partial charge < -0.3 is 10.5 Å². The minimum Gasteiger partial charge on any atom is -0.384 e. The standard InChI is InChI=1S/C18H28N2O/c1-14-7-9-18(13-19,17-6-4-3-5-16(14)17)20-10-8-15(11-20)12-21-2/h3-6,14-15H,7-13,19H2,1-2H3. The second-order valence-corrected chi connectivity index (χ2v) is 6.82. The van der Waals surface area contributed by atoms with Gasteiger partial charge >= 0.3 is 0 Å². The van der Waals surface area contributed by atoms with Gasteiger partial charge in [0.1, 0.15) is 0 Å². The highest BCUT2D eigenvalue weighted by atomic mass is 16.5. The Morgan fingerprint density at radius 1 is 1.33 bits per heavy atom. The molecule has 1 saturated heterocycles. The van der Waals surface area contributed by atoms with E-state index in [1.54, 1.807) is 7.11 Å². The third-order valence-corrected chi connectivity index (χ3v) is 5.62. The molecule has 1 fully saturated rings. The molecule has 1 aliphatic carbocycles. The van der Waals surface area contributed by atoms with Gasteiger partial charge in [-0.25, -0.2) is 0 Å². The highest BCUT2D eigenvalue weighted by Gasteiger charge is 2.44. The number of nitrogens with two attached hydrogens (primary N) is 1. The molecule has 3 heteroatoms. The summed E-state index contributed by atoms with van der Waals surface area (Å²) in [6.07, 6.45) is 3.65. The number of hydrogen-bond acceptors (Lipinski definition) is 3. The van der Waals surface area contributed by atoms with Gasteiger partial charge in [0.15, 0.2) is 0 Å². The van der Waals surface area contributed by atoms with Crippen molar-refractivity contribution in [2.45, 2.75) is 37.6 Å². The van der Waals surface area contributed by atoms with E-state index in [1.165, 1.54) is 30.4 Å². The summed E-state index contributed by atoms with van der Waals surface area (Å²) in [5, 5.41) is 0. The summed E-state index contributed by atoms with van der Waals surface area (Å²) >= 11 is 0. The molecule has 1 aliphatic heterocycles. The van der Waals surface area contributed by atoms with Gasteiger partial charge in [-0.05, 0) is 48.8 Å². The molecule has 0 saturated carbocycles. The topological polar surface area (TPSA) is 38.5 Å². The van der Waals surface area contributed by atoms with Gasteiger partial charge in [-0.3, -0.25) is 4.90 Å². The maximum Gasteiger partial charge on any atom is 0.0586 e. The number of ether oxygens (including phenoxy) is 1. The van der Waals surface area contributed by atoms with Crippen LogP contribution in [0.4, 0.5) is 0 Å². The summed E-state index contributed by atoms with van der Waals surface area (Å²) < 4.78 is 5.36. The zero-order valence-corrected chi connectivity index (χ0v) is 13.3. The SMILES string of the molecule is COCC1CCN(C2(CN)CCC(C)c3ccccc32)C1. The van der Waals surface area contributed by atoms with Gasteiger partial charge in [0, 0.05) is 20.2 Å². The Labute approximate surface area is 128 Å². The second-order valence-electron chi connectivity index (χ2n) is 6.82. The van der Waals surface area contributed by atoms with Crippen LogP contribution in [0.15, 0.2) is 24.3 Å². The minimum atomic E-state index is 0.0472.